The van der Waals surface area contributed by atoms with Crippen LogP contribution in [-0.4, -0.2) is 62.9 Å². The van der Waals surface area contributed by atoms with Gasteiger partial charge in [0.15, 0.2) is 23.0 Å². The van der Waals surface area contributed by atoms with E-state index in [2.05, 4.69) is 6.92 Å². The maximum Gasteiger partial charge on any atom is 0.329 e. The SMILES string of the molecule is CCCCCCCC1(OCC(=O)O)COc2ccccc2OCCOCCOc2ccccc2OC1. The molecule has 3 rings (SSSR count). The second-order valence-corrected chi connectivity index (χ2v) is 8.81. The molecule has 0 unspecified atom stereocenters. The van der Waals surface area contributed by atoms with E-state index in [1.165, 1.54) is 0 Å². The summed E-state index contributed by atoms with van der Waals surface area (Å²) in [6.07, 6.45) is 5.89. The zero-order valence-corrected chi connectivity index (χ0v) is 21.1. The zero-order chi connectivity index (χ0) is 25.5. The number of carboxylic acid groups (broad SMARTS) is 1. The minimum absolute atomic E-state index is 0.105. The maximum atomic E-state index is 11.5. The lowest BCUT2D eigenvalue weighted by atomic mass is 9.96. The molecule has 198 valence electrons. The third kappa shape index (κ3) is 9.24. The number of carboxylic acids is 1. The fraction of sp³-hybridized carbons (Fsp3) is 0.536. The molecule has 0 atom stereocenters. The molecular weight excluding hydrogens is 464 g/mol. The topological polar surface area (TPSA) is 92.7 Å². The lowest BCUT2D eigenvalue weighted by Gasteiger charge is -2.33. The third-order valence-corrected chi connectivity index (χ3v) is 5.89. The summed E-state index contributed by atoms with van der Waals surface area (Å²) >= 11 is 0. The Kier molecular flexibility index (Phi) is 11.7. The lowest BCUT2D eigenvalue weighted by molar-refractivity contribution is -0.156. The van der Waals surface area contributed by atoms with Gasteiger partial charge in [0, 0.05) is 0 Å². The summed E-state index contributed by atoms with van der Waals surface area (Å²) in [6, 6.07) is 14.8. The summed E-state index contributed by atoms with van der Waals surface area (Å²) in [7, 11) is 0. The molecule has 8 heteroatoms. The molecule has 0 fully saturated rings. The van der Waals surface area contributed by atoms with E-state index in [-0.39, 0.29) is 13.2 Å². The van der Waals surface area contributed by atoms with Crippen LogP contribution in [0.25, 0.3) is 0 Å². The minimum atomic E-state index is -1.04. The van der Waals surface area contributed by atoms with Crippen LogP contribution < -0.4 is 18.9 Å². The van der Waals surface area contributed by atoms with Crippen molar-refractivity contribution in [1.29, 1.82) is 0 Å². The van der Waals surface area contributed by atoms with Crippen molar-refractivity contribution in [3.63, 3.8) is 0 Å². The molecule has 1 heterocycles. The molecule has 0 saturated heterocycles. The molecular formula is C28H38O8. The molecule has 0 spiro atoms. The van der Waals surface area contributed by atoms with Gasteiger partial charge in [0.25, 0.3) is 0 Å². The normalized spacial score (nSPS) is 16.2. The number of rotatable bonds is 9. The molecule has 1 N–H and O–H groups in total. The highest BCUT2D eigenvalue weighted by Gasteiger charge is 2.35. The Hall–Kier alpha value is -2.97. The van der Waals surface area contributed by atoms with Crippen LogP contribution >= 0.6 is 0 Å². The Morgan fingerprint density at radius 2 is 1.28 bits per heavy atom. The van der Waals surface area contributed by atoms with E-state index in [4.69, 9.17) is 28.4 Å². The first kappa shape index (κ1) is 27.6. The number of benzene rings is 2. The molecule has 0 radical (unpaired) electrons. The highest BCUT2D eigenvalue weighted by Crippen LogP contribution is 2.32. The van der Waals surface area contributed by atoms with Crippen LogP contribution in [0.4, 0.5) is 0 Å². The van der Waals surface area contributed by atoms with Crippen molar-refractivity contribution >= 4 is 5.97 Å². The van der Waals surface area contributed by atoms with Crippen LogP contribution in [0.1, 0.15) is 45.4 Å². The van der Waals surface area contributed by atoms with Gasteiger partial charge in [-0.3, -0.25) is 0 Å². The van der Waals surface area contributed by atoms with Gasteiger partial charge in [-0.25, -0.2) is 4.79 Å². The van der Waals surface area contributed by atoms with Crippen molar-refractivity contribution in [2.24, 2.45) is 0 Å². The van der Waals surface area contributed by atoms with Crippen molar-refractivity contribution in [2.45, 2.75) is 51.0 Å². The van der Waals surface area contributed by atoms with Crippen molar-refractivity contribution in [3.05, 3.63) is 48.5 Å². The van der Waals surface area contributed by atoms with Crippen LogP contribution in [0.2, 0.25) is 0 Å². The highest BCUT2D eigenvalue weighted by atomic mass is 16.6. The first-order valence-corrected chi connectivity index (χ1v) is 12.7. The molecule has 2 aromatic carbocycles. The van der Waals surface area contributed by atoms with Gasteiger partial charge in [0.05, 0.1) is 13.2 Å². The predicted octanol–water partition coefficient (Wildman–Crippen LogP) is 5.13. The third-order valence-electron chi connectivity index (χ3n) is 5.89. The Morgan fingerprint density at radius 3 is 1.78 bits per heavy atom. The van der Waals surface area contributed by atoms with Crippen LogP contribution in [0.5, 0.6) is 23.0 Å². The van der Waals surface area contributed by atoms with Gasteiger partial charge in [0.1, 0.15) is 38.6 Å². The summed E-state index contributed by atoms with van der Waals surface area (Å²) in [5.74, 6) is 1.25. The Labute approximate surface area is 213 Å². The van der Waals surface area contributed by atoms with Crippen molar-refractivity contribution in [2.75, 3.05) is 46.2 Å². The summed E-state index contributed by atoms with van der Waals surface area (Å²) in [4.78, 5) is 11.5. The molecule has 0 amide bonds. The molecule has 1 aliphatic rings. The second-order valence-electron chi connectivity index (χ2n) is 8.81. The number of para-hydroxylation sites is 4. The van der Waals surface area contributed by atoms with Gasteiger partial charge < -0.3 is 33.5 Å². The van der Waals surface area contributed by atoms with Gasteiger partial charge in [-0.2, -0.15) is 0 Å². The molecule has 0 bridgehead atoms. The number of ether oxygens (including phenoxy) is 6. The Bertz CT molecular complexity index is 860. The molecule has 0 aromatic heterocycles. The molecule has 0 saturated carbocycles. The smallest absolute Gasteiger partial charge is 0.329 e. The van der Waals surface area contributed by atoms with Gasteiger partial charge >= 0.3 is 5.97 Å². The van der Waals surface area contributed by atoms with E-state index in [1.807, 2.05) is 48.5 Å². The van der Waals surface area contributed by atoms with E-state index in [0.717, 1.165) is 32.1 Å². The lowest BCUT2D eigenvalue weighted by Crippen LogP contribution is -2.46. The molecule has 36 heavy (non-hydrogen) atoms. The monoisotopic (exact) mass is 502 g/mol. The average Bonchev–Trinajstić information content (AvgIpc) is 2.89. The van der Waals surface area contributed by atoms with E-state index < -0.39 is 18.2 Å². The Morgan fingerprint density at radius 1 is 0.778 bits per heavy atom. The highest BCUT2D eigenvalue weighted by molar-refractivity contribution is 5.68. The fourth-order valence-corrected chi connectivity index (χ4v) is 3.93. The number of fused-ring (bicyclic) bond motifs is 2. The molecule has 1 aliphatic heterocycles. The predicted molar refractivity (Wildman–Crippen MR) is 135 cm³/mol. The van der Waals surface area contributed by atoms with Gasteiger partial charge in [0.2, 0.25) is 0 Å². The number of hydrogen-bond donors (Lipinski definition) is 1. The summed E-state index contributed by atoms with van der Waals surface area (Å²) in [6.45, 7) is 3.46. The molecule has 2 aromatic rings. The number of hydrogen-bond acceptors (Lipinski definition) is 7. The van der Waals surface area contributed by atoms with Crippen LogP contribution in [-0.2, 0) is 14.3 Å². The van der Waals surface area contributed by atoms with Crippen molar-refractivity contribution < 1.29 is 38.3 Å². The van der Waals surface area contributed by atoms with Gasteiger partial charge in [-0.1, -0.05) is 63.3 Å². The quantitative estimate of drug-likeness (QED) is 0.472. The molecule has 8 nitrogen and oxygen atoms in total. The van der Waals surface area contributed by atoms with E-state index in [0.29, 0.717) is 55.8 Å². The van der Waals surface area contributed by atoms with E-state index >= 15 is 0 Å². The van der Waals surface area contributed by atoms with Gasteiger partial charge in [-0.05, 0) is 30.7 Å². The summed E-state index contributed by atoms with van der Waals surface area (Å²) in [5.41, 5.74) is -0.981. The maximum absolute atomic E-state index is 11.5. The zero-order valence-electron chi connectivity index (χ0n) is 21.1. The van der Waals surface area contributed by atoms with Gasteiger partial charge in [-0.15, -0.1) is 0 Å². The fourth-order valence-electron chi connectivity index (χ4n) is 3.93. The number of unbranched alkanes of at least 4 members (excludes halogenated alkanes) is 4. The standard InChI is InChI=1S/C28H38O8/c1-2-3-4-5-10-15-28(36-20-27(29)30)21-34-25-13-8-6-11-23(25)32-18-16-31-17-19-33-24-12-7-9-14-26(24)35-22-28/h6-9,11-14H,2-5,10,15-22H2,1H3,(H,29,30). The van der Waals surface area contributed by atoms with Crippen LogP contribution in [0.3, 0.4) is 0 Å². The largest absolute Gasteiger partial charge is 0.487 e. The minimum Gasteiger partial charge on any atom is -0.487 e. The van der Waals surface area contributed by atoms with E-state index in [1.54, 1.807) is 0 Å². The van der Waals surface area contributed by atoms with E-state index in [9.17, 15) is 9.90 Å². The number of aliphatic carboxylic acids is 1. The number of carbonyl (C=O) groups is 1. The first-order chi connectivity index (χ1) is 17.6. The summed E-state index contributed by atoms with van der Waals surface area (Å²) in [5, 5.41) is 9.39. The average molecular weight is 503 g/mol. The molecule has 0 aliphatic carbocycles. The van der Waals surface area contributed by atoms with Crippen LogP contribution in [0, 0.1) is 0 Å². The second kappa shape index (κ2) is 15.2. The van der Waals surface area contributed by atoms with Crippen molar-refractivity contribution in [3.8, 4) is 23.0 Å². The first-order valence-electron chi connectivity index (χ1n) is 12.7. The summed E-state index contributed by atoms with van der Waals surface area (Å²) < 4.78 is 35.8. The van der Waals surface area contributed by atoms with Crippen LogP contribution in [0.15, 0.2) is 48.5 Å². The Balaban J connectivity index is 1.86. The van der Waals surface area contributed by atoms with Crippen molar-refractivity contribution in [1.82, 2.24) is 0 Å².